The third kappa shape index (κ3) is 3.71. The molecule has 1 amide bonds. The first kappa shape index (κ1) is 19.0. The van der Waals surface area contributed by atoms with Crippen molar-refractivity contribution in [3.8, 4) is 0 Å². The van der Waals surface area contributed by atoms with Crippen molar-refractivity contribution in [2.24, 2.45) is 0 Å². The highest BCUT2D eigenvalue weighted by Gasteiger charge is 2.38. The minimum Gasteiger partial charge on any atom is -0.462 e. The third-order valence-corrected chi connectivity index (χ3v) is 4.70. The van der Waals surface area contributed by atoms with E-state index < -0.39 is 17.7 Å². The molecule has 6 heteroatoms. The average molecular weight is 430 g/mol. The van der Waals surface area contributed by atoms with Crippen LogP contribution in [0.1, 0.15) is 19.4 Å². The minimum absolute atomic E-state index is 0.110. The van der Waals surface area contributed by atoms with Gasteiger partial charge in [-0.1, -0.05) is 34.1 Å². The molecular weight excluding hydrogens is 413 g/mol. The molecule has 1 aliphatic heterocycles. The summed E-state index contributed by atoms with van der Waals surface area (Å²) in [5.74, 6) is -1.48. The van der Waals surface area contributed by atoms with E-state index in [1.807, 2.05) is 0 Å². The summed E-state index contributed by atoms with van der Waals surface area (Å²) in [6, 6.07) is 13.2. The fourth-order valence-electron chi connectivity index (χ4n) is 2.93. The van der Waals surface area contributed by atoms with Gasteiger partial charge in [-0.3, -0.25) is 9.69 Å². The summed E-state index contributed by atoms with van der Waals surface area (Å²) in [4.78, 5) is 27.1. The normalized spacial score (nSPS) is 15.6. The molecule has 2 aromatic carbocycles. The first-order chi connectivity index (χ1) is 12.9. The zero-order valence-electron chi connectivity index (χ0n) is 14.8. The number of hydrogen-bond acceptors (Lipinski definition) is 3. The topological polar surface area (TPSA) is 46.6 Å². The molecule has 0 saturated carbocycles. The van der Waals surface area contributed by atoms with Crippen molar-refractivity contribution in [2.45, 2.75) is 13.8 Å². The number of ether oxygens (including phenoxy) is 1. The molecule has 0 saturated heterocycles. The fourth-order valence-corrected chi connectivity index (χ4v) is 3.19. The van der Waals surface area contributed by atoms with Gasteiger partial charge in [0.25, 0.3) is 5.91 Å². The largest absolute Gasteiger partial charge is 0.462 e. The number of rotatable bonds is 4. The van der Waals surface area contributed by atoms with Gasteiger partial charge in [-0.15, -0.1) is 0 Å². The molecular formula is C21H17BrFNO3. The maximum atomic E-state index is 14.1. The Morgan fingerprint density at radius 2 is 1.85 bits per heavy atom. The van der Waals surface area contributed by atoms with E-state index in [4.69, 9.17) is 4.74 Å². The van der Waals surface area contributed by atoms with E-state index in [0.717, 1.165) is 4.47 Å². The van der Waals surface area contributed by atoms with E-state index >= 15 is 0 Å². The Bertz CT molecular complexity index is 964. The Balaban J connectivity index is 2.14. The number of anilines is 1. The average Bonchev–Trinajstić information content (AvgIpc) is 2.88. The Kier molecular flexibility index (Phi) is 5.56. The molecule has 0 radical (unpaired) electrons. The number of nitrogens with zero attached hydrogens (tertiary/aromatic N) is 1. The lowest BCUT2D eigenvalue weighted by atomic mass is 10.0. The van der Waals surface area contributed by atoms with Crippen LogP contribution in [0.5, 0.6) is 0 Å². The molecule has 2 aromatic rings. The summed E-state index contributed by atoms with van der Waals surface area (Å²) in [5, 5.41) is 0. The Hall–Kier alpha value is -2.73. The van der Waals surface area contributed by atoms with Gasteiger partial charge < -0.3 is 4.74 Å². The number of allylic oxidation sites excluding steroid dienone is 1. The maximum Gasteiger partial charge on any atom is 0.340 e. The van der Waals surface area contributed by atoms with Crippen LogP contribution in [-0.4, -0.2) is 18.5 Å². The van der Waals surface area contributed by atoms with Gasteiger partial charge in [0, 0.05) is 21.4 Å². The molecule has 0 aliphatic carbocycles. The highest BCUT2D eigenvalue weighted by molar-refractivity contribution is 9.10. The monoisotopic (exact) mass is 429 g/mol. The fraction of sp³-hybridized carbons (Fsp3) is 0.143. The first-order valence-electron chi connectivity index (χ1n) is 8.38. The van der Waals surface area contributed by atoms with E-state index in [1.165, 1.54) is 17.0 Å². The van der Waals surface area contributed by atoms with Crippen LogP contribution in [0.3, 0.4) is 0 Å². The molecule has 3 rings (SSSR count). The standard InChI is InChI=1S/C21H17BrFNO3/c1-3-27-21(26)19-13(2)24(16-10-8-15(22)9-11-16)20(25)17(19)12-14-6-4-5-7-18(14)23/h4-12H,3H2,1-2H3/b17-12-. The van der Waals surface area contributed by atoms with Crippen LogP contribution in [-0.2, 0) is 14.3 Å². The number of benzene rings is 2. The second-order valence-electron chi connectivity index (χ2n) is 5.88. The van der Waals surface area contributed by atoms with Gasteiger partial charge in [0.1, 0.15) is 5.82 Å². The van der Waals surface area contributed by atoms with Crippen molar-refractivity contribution < 1.29 is 18.7 Å². The number of carbonyl (C=O) groups is 2. The van der Waals surface area contributed by atoms with E-state index in [-0.39, 0.29) is 23.3 Å². The molecule has 0 aromatic heterocycles. The van der Waals surface area contributed by atoms with Gasteiger partial charge in [-0.25, -0.2) is 9.18 Å². The second kappa shape index (κ2) is 7.88. The van der Waals surface area contributed by atoms with Crippen molar-refractivity contribution in [1.82, 2.24) is 0 Å². The van der Waals surface area contributed by atoms with Crippen LogP contribution in [0.4, 0.5) is 10.1 Å². The highest BCUT2D eigenvalue weighted by atomic mass is 79.9. The van der Waals surface area contributed by atoms with Crippen LogP contribution >= 0.6 is 15.9 Å². The zero-order valence-corrected chi connectivity index (χ0v) is 16.4. The van der Waals surface area contributed by atoms with Crippen molar-refractivity contribution in [2.75, 3.05) is 11.5 Å². The van der Waals surface area contributed by atoms with Gasteiger partial charge in [-0.05, 0) is 50.3 Å². The summed E-state index contributed by atoms with van der Waals surface area (Å²) in [5.41, 5.74) is 1.54. The molecule has 0 unspecified atom stereocenters. The summed E-state index contributed by atoms with van der Waals surface area (Å²) in [7, 11) is 0. The molecule has 0 spiro atoms. The minimum atomic E-state index is -0.606. The Morgan fingerprint density at radius 3 is 2.48 bits per heavy atom. The second-order valence-corrected chi connectivity index (χ2v) is 6.79. The first-order valence-corrected chi connectivity index (χ1v) is 9.18. The van der Waals surface area contributed by atoms with Gasteiger partial charge in [0.2, 0.25) is 0 Å². The van der Waals surface area contributed by atoms with E-state index in [2.05, 4.69) is 15.9 Å². The summed E-state index contributed by atoms with van der Waals surface area (Å²) in [6.45, 7) is 3.54. The van der Waals surface area contributed by atoms with Gasteiger partial charge in [-0.2, -0.15) is 0 Å². The zero-order chi connectivity index (χ0) is 19.6. The molecule has 0 atom stereocenters. The van der Waals surface area contributed by atoms with Gasteiger partial charge >= 0.3 is 5.97 Å². The lowest BCUT2D eigenvalue weighted by Crippen LogP contribution is -2.24. The maximum absolute atomic E-state index is 14.1. The molecule has 0 fully saturated rings. The predicted octanol–water partition coefficient (Wildman–Crippen LogP) is 4.86. The number of halogens is 2. The lowest BCUT2D eigenvalue weighted by molar-refractivity contribution is -0.138. The smallest absolute Gasteiger partial charge is 0.340 e. The number of esters is 1. The van der Waals surface area contributed by atoms with E-state index in [0.29, 0.717) is 11.4 Å². The van der Waals surface area contributed by atoms with Crippen molar-refractivity contribution in [1.29, 1.82) is 0 Å². The molecule has 0 N–H and O–H groups in total. The number of hydrogen-bond donors (Lipinski definition) is 0. The van der Waals surface area contributed by atoms with Crippen molar-refractivity contribution >= 4 is 39.6 Å². The predicted molar refractivity (Wildman–Crippen MR) is 105 cm³/mol. The summed E-state index contributed by atoms with van der Waals surface area (Å²) in [6.07, 6.45) is 1.40. The van der Waals surface area contributed by atoms with Crippen LogP contribution < -0.4 is 4.90 Å². The lowest BCUT2D eigenvalue weighted by Gasteiger charge is -2.18. The van der Waals surface area contributed by atoms with Crippen LogP contribution in [0.2, 0.25) is 0 Å². The SMILES string of the molecule is CCOC(=O)C1=C(C)N(c2ccc(Br)cc2)C(=O)/C1=C\c1ccccc1F. The molecule has 1 heterocycles. The van der Waals surface area contributed by atoms with Crippen molar-refractivity contribution in [3.63, 3.8) is 0 Å². The molecule has 27 heavy (non-hydrogen) atoms. The van der Waals surface area contributed by atoms with Crippen molar-refractivity contribution in [3.05, 3.63) is 81.2 Å². The van der Waals surface area contributed by atoms with Gasteiger partial charge in [0.05, 0.1) is 17.8 Å². The van der Waals surface area contributed by atoms with Crippen LogP contribution in [0, 0.1) is 5.82 Å². The molecule has 4 nitrogen and oxygen atoms in total. The summed E-state index contributed by atoms with van der Waals surface area (Å²) >= 11 is 3.36. The van der Waals surface area contributed by atoms with E-state index in [1.54, 1.807) is 56.3 Å². The van der Waals surface area contributed by atoms with Crippen LogP contribution in [0.25, 0.3) is 6.08 Å². The van der Waals surface area contributed by atoms with Gasteiger partial charge in [0.15, 0.2) is 0 Å². The summed E-state index contributed by atoms with van der Waals surface area (Å²) < 4.78 is 20.1. The third-order valence-electron chi connectivity index (χ3n) is 4.17. The molecule has 1 aliphatic rings. The Labute approximate surface area is 165 Å². The quantitative estimate of drug-likeness (QED) is 0.515. The highest BCUT2D eigenvalue weighted by Crippen LogP contribution is 2.36. The molecule has 0 bridgehead atoms. The molecule has 138 valence electrons. The van der Waals surface area contributed by atoms with Crippen LogP contribution in [0.15, 0.2) is 69.8 Å². The van der Waals surface area contributed by atoms with E-state index in [9.17, 15) is 14.0 Å². The number of amides is 1. The number of carbonyl (C=O) groups excluding carboxylic acids is 2. The Morgan fingerprint density at radius 1 is 1.19 bits per heavy atom.